The number of unbranched alkanes of at least 4 members (excludes halogenated alkanes) is 1. The molecule has 1 aromatic heterocycles. The van der Waals surface area contributed by atoms with Crippen LogP contribution in [0.5, 0.6) is 0 Å². The van der Waals surface area contributed by atoms with Crippen molar-refractivity contribution in [2.24, 2.45) is 4.99 Å². The predicted molar refractivity (Wildman–Crippen MR) is 109 cm³/mol. The van der Waals surface area contributed by atoms with Crippen molar-refractivity contribution in [3.05, 3.63) is 70.4 Å². The van der Waals surface area contributed by atoms with Gasteiger partial charge in [0.05, 0.1) is 16.8 Å². The van der Waals surface area contributed by atoms with Crippen LogP contribution in [0.1, 0.15) is 36.6 Å². The highest BCUT2D eigenvalue weighted by Gasteiger charge is 2.41. The summed E-state index contributed by atoms with van der Waals surface area (Å²) in [5, 5.41) is 2.18. The lowest BCUT2D eigenvalue weighted by Crippen LogP contribution is -2.34. The maximum absolute atomic E-state index is 8.59. The molecular weight excluding hydrogens is 366 g/mol. The van der Waals surface area contributed by atoms with E-state index in [1.165, 1.54) is 34.6 Å². The van der Waals surface area contributed by atoms with Crippen LogP contribution in [0.4, 0.5) is 5.69 Å². The number of thiol groups is 1. The fourth-order valence-electron chi connectivity index (χ4n) is 3.52. The molecule has 0 saturated heterocycles. The Labute approximate surface area is 159 Å². The monoisotopic (exact) mass is 387 g/mol. The summed E-state index contributed by atoms with van der Waals surface area (Å²) in [6.45, 7) is 2.26. The molecule has 1 aliphatic heterocycles. The second kappa shape index (κ2) is 8.12. The van der Waals surface area contributed by atoms with Gasteiger partial charge in [-0.1, -0.05) is 62.3 Å². The van der Waals surface area contributed by atoms with Gasteiger partial charge in [0, 0.05) is 16.0 Å². The fraction of sp³-hybridized carbons (Fsp3) is 0.250. The average Bonchev–Trinajstić information content (AvgIpc) is 3.28. The molecule has 0 spiro atoms. The van der Waals surface area contributed by atoms with E-state index in [2.05, 4.69) is 66.9 Å². The first-order valence-electron chi connectivity index (χ1n) is 8.54. The summed E-state index contributed by atoms with van der Waals surface area (Å²) in [5.74, 6) is 0. The minimum absolute atomic E-state index is 0.0483. The Morgan fingerprint density at radius 2 is 1.96 bits per heavy atom. The Kier molecular flexibility index (Phi) is 5.86. The molecule has 6 heteroatoms. The molecule has 2 heterocycles. The van der Waals surface area contributed by atoms with Gasteiger partial charge in [0.2, 0.25) is 0 Å². The van der Waals surface area contributed by atoms with Crippen molar-refractivity contribution >= 4 is 39.3 Å². The van der Waals surface area contributed by atoms with E-state index in [0.29, 0.717) is 0 Å². The van der Waals surface area contributed by atoms with E-state index >= 15 is 0 Å². The number of nitrogens with zero attached hydrogens (tertiary/aromatic N) is 1. The minimum Gasteiger partial charge on any atom is -0.288 e. The summed E-state index contributed by atoms with van der Waals surface area (Å²) in [7, 11) is -3.12. The van der Waals surface area contributed by atoms with Crippen LogP contribution in [0.3, 0.4) is 0 Å². The molecule has 2 aromatic rings. The van der Waals surface area contributed by atoms with E-state index in [0.717, 1.165) is 12.1 Å². The molecule has 4 rings (SSSR count). The lowest BCUT2D eigenvalue weighted by molar-refractivity contribution is 0.509. The van der Waals surface area contributed by atoms with Crippen molar-refractivity contribution in [1.82, 2.24) is 0 Å². The number of fused-ring (bicyclic) bond motifs is 3. The van der Waals surface area contributed by atoms with Crippen molar-refractivity contribution < 1.29 is 13.0 Å². The van der Waals surface area contributed by atoms with Crippen molar-refractivity contribution in [3.63, 3.8) is 0 Å². The van der Waals surface area contributed by atoms with E-state index in [4.69, 9.17) is 18.0 Å². The molecule has 0 bridgehead atoms. The summed E-state index contributed by atoms with van der Waals surface area (Å²) in [6.07, 6.45) is 10.4. The van der Waals surface area contributed by atoms with Crippen molar-refractivity contribution in [2.45, 2.75) is 31.6 Å². The minimum atomic E-state index is -3.12. The molecule has 0 saturated carbocycles. The van der Waals surface area contributed by atoms with Gasteiger partial charge in [0.1, 0.15) is 0 Å². The van der Waals surface area contributed by atoms with Gasteiger partial charge in [-0.3, -0.25) is 9.55 Å². The zero-order valence-electron chi connectivity index (χ0n) is 14.5. The number of hydrogen-bond acceptors (Lipinski definition) is 4. The molecule has 0 amide bonds. The van der Waals surface area contributed by atoms with Crippen LogP contribution >= 0.6 is 11.3 Å². The van der Waals surface area contributed by atoms with Crippen molar-refractivity contribution in [3.8, 4) is 0 Å². The molecule has 26 heavy (non-hydrogen) atoms. The van der Waals surface area contributed by atoms with Crippen LogP contribution in [0, 0.1) is 0 Å². The summed E-state index contributed by atoms with van der Waals surface area (Å²) in [4.78, 5) is 6.45. The summed E-state index contributed by atoms with van der Waals surface area (Å²) in [6, 6.07) is 12.9. The topological polar surface area (TPSA) is 66.7 Å². The Bertz CT molecular complexity index is 932. The molecule has 2 aliphatic rings. The van der Waals surface area contributed by atoms with Gasteiger partial charge >= 0.3 is 0 Å². The number of allylic oxidation sites excluding steroid dienone is 4. The lowest BCUT2D eigenvalue weighted by Gasteiger charge is -2.33. The first-order chi connectivity index (χ1) is 12.6. The second-order valence-electron chi connectivity index (χ2n) is 6.21. The maximum Gasteiger partial charge on any atom is 0.254 e. The average molecular weight is 388 g/mol. The number of aliphatic imine (C=N–C) groups is 1. The highest BCUT2D eigenvalue weighted by atomic mass is 32.2. The summed E-state index contributed by atoms with van der Waals surface area (Å²) >= 11 is 1.85. The first kappa shape index (κ1) is 18.8. The number of thiophene rings is 1. The third-order valence-electron chi connectivity index (χ3n) is 4.63. The number of hydrogen-bond donors (Lipinski definition) is 2. The molecule has 1 unspecified atom stereocenters. The van der Waals surface area contributed by atoms with Crippen LogP contribution < -0.4 is 0 Å². The van der Waals surface area contributed by atoms with Gasteiger partial charge < -0.3 is 0 Å². The number of rotatable bonds is 4. The normalized spacial score (nSPS) is 20.0. The lowest BCUT2D eigenvalue weighted by atomic mass is 9.71. The molecule has 0 radical (unpaired) electrons. The highest BCUT2D eigenvalue weighted by molar-refractivity contribution is 7.66. The largest absolute Gasteiger partial charge is 0.288 e. The maximum atomic E-state index is 8.59. The number of para-hydroxylation sites is 1. The molecule has 4 nitrogen and oxygen atoms in total. The quantitative estimate of drug-likeness (QED) is 0.574. The van der Waals surface area contributed by atoms with Gasteiger partial charge in [0.15, 0.2) is 0 Å². The fourth-order valence-corrected chi connectivity index (χ4v) is 4.45. The van der Waals surface area contributed by atoms with Gasteiger partial charge in [-0.05, 0) is 23.9 Å². The van der Waals surface area contributed by atoms with E-state index < -0.39 is 11.0 Å². The second-order valence-corrected chi connectivity index (χ2v) is 7.63. The molecule has 0 fully saturated rings. The standard InChI is InChI=1S/C20H19NS.H2O3S/c1-2-3-12-20(18-11-7-14-22-18)13-6-9-16-15-8-4-5-10-17(15)21-19(16)20;1-4(2)3/h4-11,13-14H,2-3,12H2,1H3;4H,(H,1,2,3). The van der Waals surface area contributed by atoms with Gasteiger partial charge in [-0.15, -0.1) is 11.3 Å². The Morgan fingerprint density at radius 3 is 2.65 bits per heavy atom. The van der Waals surface area contributed by atoms with E-state index in [-0.39, 0.29) is 5.41 Å². The molecule has 1 N–H and O–H groups in total. The number of benzene rings is 1. The summed E-state index contributed by atoms with van der Waals surface area (Å²) in [5.41, 5.74) is 4.90. The van der Waals surface area contributed by atoms with Gasteiger partial charge in [-0.2, -0.15) is 0 Å². The molecule has 1 aromatic carbocycles. The van der Waals surface area contributed by atoms with Crippen molar-refractivity contribution in [2.75, 3.05) is 0 Å². The van der Waals surface area contributed by atoms with Crippen LogP contribution in [0.25, 0.3) is 5.57 Å². The van der Waals surface area contributed by atoms with Gasteiger partial charge in [0.25, 0.3) is 11.0 Å². The third kappa shape index (κ3) is 3.58. The van der Waals surface area contributed by atoms with Crippen LogP contribution in [0.15, 0.2) is 65.0 Å². The Morgan fingerprint density at radius 1 is 1.19 bits per heavy atom. The van der Waals surface area contributed by atoms with E-state index in [9.17, 15) is 0 Å². The van der Waals surface area contributed by atoms with E-state index in [1.54, 1.807) is 0 Å². The SMILES string of the molecule is CCCCC1(c2cccs2)C=CC=C2C1=Nc1ccccc12.O=[SH](=O)O. The van der Waals surface area contributed by atoms with Crippen LogP contribution in [-0.2, 0) is 16.4 Å². The van der Waals surface area contributed by atoms with Crippen LogP contribution in [-0.4, -0.2) is 18.7 Å². The molecular formula is C20H21NO3S2. The van der Waals surface area contributed by atoms with Gasteiger partial charge in [-0.25, -0.2) is 8.42 Å². The smallest absolute Gasteiger partial charge is 0.254 e. The Balaban J connectivity index is 0.000000447. The van der Waals surface area contributed by atoms with Crippen molar-refractivity contribution in [1.29, 1.82) is 0 Å². The summed E-state index contributed by atoms with van der Waals surface area (Å²) < 4.78 is 24.2. The first-order valence-corrected chi connectivity index (χ1v) is 10.5. The Hall–Kier alpha value is -2.02. The van der Waals surface area contributed by atoms with Crippen LogP contribution in [0.2, 0.25) is 0 Å². The predicted octanol–water partition coefficient (Wildman–Crippen LogP) is 4.99. The zero-order valence-corrected chi connectivity index (χ0v) is 16.2. The van der Waals surface area contributed by atoms with E-state index in [1.807, 2.05) is 11.3 Å². The highest BCUT2D eigenvalue weighted by Crippen LogP contribution is 2.48. The molecule has 1 aliphatic carbocycles. The zero-order chi connectivity index (χ0) is 18.6. The third-order valence-corrected chi connectivity index (χ3v) is 5.68. The molecule has 1 atom stereocenters. The molecule has 136 valence electrons.